The van der Waals surface area contributed by atoms with Crippen molar-refractivity contribution in [2.24, 2.45) is 5.92 Å². The molecule has 1 saturated carbocycles. The summed E-state index contributed by atoms with van der Waals surface area (Å²) in [6.45, 7) is 0. The Morgan fingerprint density at radius 2 is 2.15 bits per heavy atom. The summed E-state index contributed by atoms with van der Waals surface area (Å²) in [5, 5.41) is 12.3. The number of carboxylic acid groups (broad SMARTS) is 1. The van der Waals surface area contributed by atoms with Crippen molar-refractivity contribution in [1.29, 1.82) is 0 Å². The number of amides is 1. The summed E-state index contributed by atoms with van der Waals surface area (Å²) in [6, 6.07) is 3.64. The van der Waals surface area contributed by atoms with Crippen LogP contribution in [0.3, 0.4) is 0 Å². The van der Waals surface area contributed by atoms with Crippen LogP contribution in [0.4, 0.5) is 5.69 Å². The van der Waals surface area contributed by atoms with Crippen molar-refractivity contribution in [3.05, 3.63) is 24.0 Å². The van der Waals surface area contributed by atoms with Gasteiger partial charge in [-0.15, -0.1) is 0 Å². The van der Waals surface area contributed by atoms with Crippen LogP contribution in [0.1, 0.15) is 29.8 Å². The van der Waals surface area contributed by atoms with Crippen LogP contribution in [-0.4, -0.2) is 47.0 Å². The molecular formula is C14H19N3O3. The molecule has 0 radical (unpaired) electrons. The number of pyridine rings is 1. The highest BCUT2D eigenvalue weighted by atomic mass is 16.4. The molecule has 0 bridgehead atoms. The highest BCUT2D eigenvalue weighted by Gasteiger charge is 2.29. The average molecular weight is 277 g/mol. The van der Waals surface area contributed by atoms with Gasteiger partial charge in [-0.1, -0.05) is 0 Å². The van der Waals surface area contributed by atoms with E-state index in [9.17, 15) is 9.59 Å². The highest BCUT2D eigenvalue weighted by Crippen LogP contribution is 2.28. The van der Waals surface area contributed by atoms with Crippen LogP contribution in [0, 0.1) is 5.92 Å². The Morgan fingerprint density at radius 3 is 2.75 bits per heavy atom. The molecule has 6 nitrogen and oxygen atoms in total. The number of aromatic nitrogens is 1. The zero-order chi connectivity index (χ0) is 14.7. The van der Waals surface area contributed by atoms with E-state index in [0.717, 1.165) is 12.1 Å². The first-order valence-electron chi connectivity index (χ1n) is 6.64. The second-order valence-electron chi connectivity index (χ2n) is 5.32. The van der Waals surface area contributed by atoms with Crippen molar-refractivity contribution in [2.45, 2.75) is 25.3 Å². The number of aliphatic carboxylic acids is 1. The molecule has 0 aromatic carbocycles. The summed E-state index contributed by atoms with van der Waals surface area (Å²) < 4.78 is 0. The number of hydrogen-bond acceptors (Lipinski definition) is 4. The van der Waals surface area contributed by atoms with Crippen molar-refractivity contribution in [1.82, 2.24) is 9.88 Å². The monoisotopic (exact) mass is 277 g/mol. The summed E-state index contributed by atoms with van der Waals surface area (Å²) in [5.74, 6) is -1.15. The van der Waals surface area contributed by atoms with E-state index in [1.165, 1.54) is 4.90 Å². The lowest BCUT2D eigenvalue weighted by Crippen LogP contribution is -2.23. The molecule has 1 aromatic heterocycles. The van der Waals surface area contributed by atoms with Gasteiger partial charge in [-0.05, 0) is 31.4 Å². The second kappa shape index (κ2) is 5.90. The topological polar surface area (TPSA) is 82.5 Å². The highest BCUT2D eigenvalue weighted by molar-refractivity contribution is 5.92. The summed E-state index contributed by atoms with van der Waals surface area (Å²) >= 11 is 0. The van der Waals surface area contributed by atoms with Crippen LogP contribution < -0.4 is 5.32 Å². The molecule has 0 spiro atoms. The fourth-order valence-electron chi connectivity index (χ4n) is 2.44. The molecule has 1 amide bonds. The van der Waals surface area contributed by atoms with E-state index in [2.05, 4.69) is 10.3 Å². The maximum atomic E-state index is 11.8. The van der Waals surface area contributed by atoms with Gasteiger partial charge in [-0.3, -0.25) is 14.6 Å². The summed E-state index contributed by atoms with van der Waals surface area (Å²) in [5.41, 5.74) is 1.19. The molecule has 1 aliphatic carbocycles. The normalized spacial score (nSPS) is 21.5. The predicted molar refractivity (Wildman–Crippen MR) is 74.6 cm³/mol. The summed E-state index contributed by atoms with van der Waals surface area (Å²) in [6.07, 6.45) is 3.73. The number of hydrogen-bond donors (Lipinski definition) is 2. The Bertz CT molecular complexity index is 516. The zero-order valence-corrected chi connectivity index (χ0v) is 11.7. The molecule has 1 fully saturated rings. The van der Waals surface area contributed by atoms with Crippen molar-refractivity contribution in [3.63, 3.8) is 0 Å². The second-order valence-corrected chi connectivity index (χ2v) is 5.32. The molecule has 2 N–H and O–H groups in total. The van der Waals surface area contributed by atoms with Crippen LogP contribution in [0.15, 0.2) is 18.3 Å². The Balaban J connectivity index is 2.02. The number of carboxylic acids is 1. The van der Waals surface area contributed by atoms with Crippen LogP contribution in [0.25, 0.3) is 0 Å². The lowest BCUT2D eigenvalue weighted by atomic mass is 10.1. The smallest absolute Gasteiger partial charge is 0.306 e. The standard InChI is InChI=1S/C14H19N3O3/c1-17(2)13(18)12-8-11(5-6-15-12)16-10-4-3-9(7-10)14(19)20/h5-6,8-10H,3-4,7H2,1-2H3,(H,15,16)(H,19,20)/t9-,10+/m1/s1. The van der Waals surface area contributed by atoms with E-state index >= 15 is 0 Å². The minimum atomic E-state index is -0.729. The number of nitrogens with zero attached hydrogens (tertiary/aromatic N) is 2. The van der Waals surface area contributed by atoms with Gasteiger partial charge in [0.25, 0.3) is 5.91 Å². The van der Waals surface area contributed by atoms with Crippen LogP contribution in [0.5, 0.6) is 0 Å². The first-order valence-corrected chi connectivity index (χ1v) is 6.64. The van der Waals surface area contributed by atoms with E-state index < -0.39 is 5.97 Å². The molecular weight excluding hydrogens is 258 g/mol. The first-order chi connectivity index (χ1) is 9.47. The molecule has 20 heavy (non-hydrogen) atoms. The molecule has 108 valence electrons. The Kier molecular flexibility index (Phi) is 4.22. The lowest BCUT2D eigenvalue weighted by Gasteiger charge is -2.15. The van der Waals surface area contributed by atoms with E-state index in [1.54, 1.807) is 32.4 Å². The van der Waals surface area contributed by atoms with Gasteiger partial charge in [0, 0.05) is 32.0 Å². The number of anilines is 1. The van der Waals surface area contributed by atoms with E-state index in [0.29, 0.717) is 18.5 Å². The van der Waals surface area contributed by atoms with E-state index in [-0.39, 0.29) is 17.9 Å². The first kappa shape index (κ1) is 14.3. The van der Waals surface area contributed by atoms with Gasteiger partial charge in [0.2, 0.25) is 0 Å². The Hall–Kier alpha value is -2.11. The largest absolute Gasteiger partial charge is 0.481 e. The molecule has 1 aromatic rings. The third kappa shape index (κ3) is 3.26. The van der Waals surface area contributed by atoms with Crippen molar-refractivity contribution in [3.8, 4) is 0 Å². The molecule has 0 saturated heterocycles. The average Bonchev–Trinajstić information content (AvgIpc) is 2.86. The van der Waals surface area contributed by atoms with E-state index in [4.69, 9.17) is 5.11 Å². The number of carbonyl (C=O) groups excluding carboxylic acids is 1. The summed E-state index contributed by atoms with van der Waals surface area (Å²) in [7, 11) is 3.36. The maximum Gasteiger partial charge on any atom is 0.306 e. The molecule has 6 heteroatoms. The van der Waals surface area contributed by atoms with Crippen LogP contribution in [0.2, 0.25) is 0 Å². The van der Waals surface area contributed by atoms with Crippen LogP contribution in [-0.2, 0) is 4.79 Å². The minimum absolute atomic E-state index is 0.140. The molecule has 0 unspecified atom stereocenters. The molecule has 1 heterocycles. The SMILES string of the molecule is CN(C)C(=O)c1cc(N[C@H]2CC[C@@H](C(=O)O)C2)ccn1. The fourth-order valence-corrected chi connectivity index (χ4v) is 2.44. The Morgan fingerprint density at radius 1 is 1.40 bits per heavy atom. The van der Waals surface area contributed by atoms with Gasteiger partial charge in [-0.2, -0.15) is 0 Å². The van der Waals surface area contributed by atoms with Gasteiger partial charge >= 0.3 is 5.97 Å². The van der Waals surface area contributed by atoms with Gasteiger partial charge in [0.05, 0.1) is 5.92 Å². The third-order valence-corrected chi connectivity index (χ3v) is 3.54. The molecule has 1 aliphatic rings. The quantitative estimate of drug-likeness (QED) is 0.870. The number of rotatable bonds is 4. The number of nitrogens with one attached hydrogen (secondary N) is 1. The zero-order valence-electron chi connectivity index (χ0n) is 11.7. The van der Waals surface area contributed by atoms with Crippen molar-refractivity contribution >= 4 is 17.6 Å². The van der Waals surface area contributed by atoms with Crippen molar-refractivity contribution in [2.75, 3.05) is 19.4 Å². The van der Waals surface area contributed by atoms with Crippen LogP contribution >= 0.6 is 0 Å². The maximum absolute atomic E-state index is 11.8. The van der Waals surface area contributed by atoms with Crippen molar-refractivity contribution < 1.29 is 14.7 Å². The third-order valence-electron chi connectivity index (χ3n) is 3.54. The minimum Gasteiger partial charge on any atom is -0.481 e. The molecule has 0 aliphatic heterocycles. The predicted octanol–water partition coefficient (Wildman–Crippen LogP) is 1.45. The fraction of sp³-hybridized carbons (Fsp3) is 0.500. The molecule has 2 rings (SSSR count). The van der Waals surface area contributed by atoms with Gasteiger partial charge in [0.1, 0.15) is 5.69 Å². The number of carbonyl (C=O) groups is 2. The molecule has 2 atom stereocenters. The van der Waals surface area contributed by atoms with Gasteiger partial charge in [-0.25, -0.2) is 0 Å². The lowest BCUT2D eigenvalue weighted by molar-refractivity contribution is -0.141. The summed E-state index contributed by atoms with van der Waals surface area (Å²) in [4.78, 5) is 28.3. The van der Waals surface area contributed by atoms with Gasteiger partial charge < -0.3 is 15.3 Å². The Labute approximate surface area is 117 Å². The van der Waals surface area contributed by atoms with E-state index in [1.807, 2.05) is 0 Å². The van der Waals surface area contributed by atoms with Gasteiger partial charge in [0.15, 0.2) is 0 Å².